The maximum atomic E-state index is 11.8. The van der Waals surface area contributed by atoms with E-state index in [2.05, 4.69) is 31.4 Å². The molecule has 112 valence electrons. The lowest BCUT2D eigenvalue weighted by atomic mass is 9.96. The molecule has 1 aliphatic carbocycles. The highest BCUT2D eigenvalue weighted by Gasteiger charge is 2.30. The molecular formula is C15H30N2O2. The number of alkyl carbamates (subject to hydrolysis) is 1. The summed E-state index contributed by atoms with van der Waals surface area (Å²) in [5.41, 5.74) is -0.171. The molecule has 0 aromatic heterocycles. The molecule has 1 amide bonds. The molecule has 0 saturated heterocycles. The zero-order valence-electron chi connectivity index (χ0n) is 13.3. The van der Waals surface area contributed by atoms with Crippen LogP contribution in [0.15, 0.2) is 0 Å². The van der Waals surface area contributed by atoms with E-state index in [0.29, 0.717) is 6.04 Å². The summed E-state index contributed by atoms with van der Waals surface area (Å²) in [7, 11) is 0. The molecule has 2 atom stereocenters. The minimum atomic E-state index is -0.434. The van der Waals surface area contributed by atoms with Crippen LogP contribution in [0.5, 0.6) is 0 Å². The normalized spacial score (nSPS) is 24.3. The third-order valence-electron chi connectivity index (χ3n) is 3.11. The Morgan fingerprint density at radius 1 is 1.11 bits per heavy atom. The minimum Gasteiger partial charge on any atom is -0.444 e. The van der Waals surface area contributed by atoms with Crippen LogP contribution in [0.2, 0.25) is 0 Å². The third kappa shape index (κ3) is 6.81. The van der Waals surface area contributed by atoms with Crippen LogP contribution in [-0.2, 0) is 4.74 Å². The molecule has 0 aromatic carbocycles. The molecule has 1 aliphatic rings. The van der Waals surface area contributed by atoms with Crippen molar-refractivity contribution in [1.29, 1.82) is 0 Å². The van der Waals surface area contributed by atoms with Crippen LogP contribution in [0, 0.1) is 5.41 Å². The fourth-order valence-corrected chi connectivity index (χ4v) is 2.27. The van der Waals surface area contributed by atoms with Crippen LogP contribution >= 0.6 is 0 Å². The van der Waals surface area contributed by atoms with Crippen LogP contribution in [0.4, 0.5) is 4.79 Å². The standard InChI is InChI=1S/C15H30N2O2/c1-14(2,3)10-16-11-8-7-9-12(11)17-13(18)19-15(4,5)6/h11-12,16H,7-10H2,1-6H3,(H,17,18). The number of amides is 1. The smallest absolute Gasteiger partial charge is 0.407 e. The maximum Gasteiger partial charge on any atom is 0.407 e. The molecule has 0 spiro atoms. The lowest BCUT2D eigenvalue weighted by molar-refractivity contribution is 0.0497. The first-order valence-electron chi connectivity index (χ1n) is 7.30. The number of nitrogens with one attached hydrogen (secondary N) is 2. The molecule has 2 unspecified atom stereocenters. The fourth-order valence-electron chi connectivity index (χ4n) is 2.27. The van der Waals surface area contributed by atoms with Gasteiger partial charge in [0, 0.05) is 18.6 Å². The second-order valence-corrected chi connectivity index (χ2v) is 7.73. The number of ether oxygens (including phenoxy) is 1. The number of rotatable bonds is 3. The van der Waals surface area contributed by atoms with Gasteiger partial charge in [-0.15, -0.1) is 0 Å². The molecule has 4 heteroatoms. The highest BCUT2D eigenvalue weighted by molar-refractivity contribution is 5.68. The lowest BCUT2D eigenvalue weighted by Gasteiger charge is -2.28. The molecule has 19 heavy (non-hydrogen) atoms. The van der Waals surface area contributed by atoms with Crippen molar-refractivity contribution in [1.82, 2.24) is 10.6 Å². The Morgan fingerprint density at radius 2 is 1.68 bits per heavy atom. The molecule has 4 nitrogen and oxygen atoms in total. The minimum absolute atomic E-state index is 0.192. The molecule has 2 N–H and O–H groups in total. The second kappa shape index (κ2) is 6.12. The third-order valence-corrected chi connectivity index (χ3v) is 3.11. The lowest BCUT2D eigenvalue weighted by Crippen LogP contribution is -2.49. The van der Waals surface area contributed by atoms with Gasteiger partial charge >= 0.3 is 6.09 Å². The van der Waals surface area contributed by atoms with E-state index >= 15 is 0 Å². The van der Waals surface area contributed by atoms with Crippen molar-refractivity contribution in [2.45, 2.75) is 78.5 Å². The Bertz CT molecular complexity index is 302. The van der Waals surface area contributed by atoms with E-state index in [9.17, 15) is 4.79 Å². The zero-order valence-corrected chi connectivity index (χ0v) is 13.3. The van der Waals surface area contributed by atoms with Gasteiger partial charge in [-0.2, -0.15) is 0 Å². The van der Waals surface area contributed by atoms with Gasteiger partial charge in [-0.3, -0.25) is 0 Å². The maximum absolute atomic E-state index is 11.8. The zero-order chi connectivity index (χ0) is 14.7. The van der Waals surface area contributed by atoms with E-state index in [0.717, 1.165) is 25.8 Å². The molecule has 0 radical (unpaired) electrons. The van der Waals surface area contributed by atoms with Gasteiger partial charge in [0.2, 0.25) is 0 Å². The molecule has 0 bridgehead atoms. The average molecular weight is 270 g/mol. The fraction of sp³-hybridized carbons (Fsp3) is 0.933. The van der Waals surface area contributed by atoms with Crippen molar-refractivity contribution in [2.75, 3.05) is 6.54 Å². The predicted octanol–water partition coefficient (Wildman–Crippen LogP) is 3.07. The van der Waals surface area contributed by atoms with Crippen molar-refractivity contribution in [2.24, 2.45) is 5.41 Å². The van der Waals surface area contributed by atoms with Gasteiger partial charge in [0.25, 0.3) is 0 Å². The van der Waals surface area contributed by atoms with Crippen LogP contribution in [0.3, 0.4) is 0 Å². The van der Waals surface area contributed by atoms with Gasteiger partial charge in [-0.25, -0.2) is 4.79 Å². The van der Waals surface area contributed by atoms with Crippen molar-refractivity contribution >= 4 is 6.09 Å². The van der Waals surface area contributed by atoms with Gasteiger partial charge < -0.3 is 15.4 Å². The Hall–Kier alpha value is -0.770. The van der Waals surface area contributed by atoms with E-state index in [4.69, 9.17) is 4.74 Å². The van der Waals surface area contributed by atoms with Gasteiger partial charge in [0.1, 0.15) is 5.60 Å². The van der Waals surface area contributed by atoms with E-state index in [-0.39, 0.29) is 17.6 Å². The number of hydrogen-bond donors (Lipinski definition) is 2. The van der Waals surface area contributed by atoms with Gasteiger partial charge in [0.05, 0.1) is 0 Å². The predicted molar refractivity (Wildman–Crippen MR) is 78.3 cm³/mol. The number of carbonyl (C=O) groups is 1. The van der Waals surface area contributed by atoms with Crippen molar-refractivity contribution in [3.63, 3.8) is 0 Å². The van der Waals surface area contributed by atoms with Gasteiger partial charge in [0.15, 0.2) is 0 Å². The second-order valence-electron chi connectivity index (χ2n) is 7.73. The quantitative estimate of drug-likeness (QED) is 0.828. The summed E-state index contributed by atoms with van der Waals surface area (Å²) < 4.78 is 5.32. The summed E-state index contributed by atoms with van der Waals surface area (Å²) in [6, 6.07) is 0.559. The summed E-state index contributed by atoms with van der Waals surface area (Å²) in [4.78, 5) is 11.8. The highest BCUT2D eigenvalue weighted by atomic mass is 16.6. The summed E-state index contributed by atoms with van der Waals surface area (Å²) in [6.45, 7) is 13.3. The van der Waals surface area contributed by atoms with Gasteiger partial charge in [-0.05, 0) is 45.4 Å². The van der Waals surface area contributed by atoms with Crippen molar-refractivity contribution in [3.05, 3.63) is 0 Å². The van der Waals surface area contributed by atoms with E-state index in [1.165, 1.54) is 0 Å². The highest BCUT2D eigenvalue weighted by Crippen LogP contribution is 2.21. The first kappa shape index (κ1) is 16.3. The topological polar surface area (TPSA) is 50.4 Å². The SMILES string of the molecule is CC(C)(C)CNC1CCCC1NC(=O)OC(C)(C)C. The monoisotopic (exact) mass is 270 g/mol. The molecule has 1 rings (SSSR count). The summed E-state index contributed by atoms with van der Waals surface area (Å²) in [5.74, 6) is 0. The first-order chi connectivity index (χ1) is 8.57. The van der Waals surface area contributed by atoms with Crippen LogP contribution in [-0.4, -0.2) is 30.3 Å². The first-order valence-corrected chi connectivity index (χ1v) is 7.30. The van der Waals surface area contributed by atoms with E-state index in [1.807, 2.05) is 20.8 Å². The van der Waals surface area contributed by atoms with Crippen LogP contribution < -0.4 is 10.6 Å². The molecule has 0 heterocycles. The number of hydrogen-bond acceptors (Lipinski definition) is 3. The van der Waals surface area contributed by atoms with Crippen molar-refractivity contribution in [3.8, 4) is 0 Å². The Kier molecular flexibility index (Phi) is 5.25. The van der Waals surface area contributed by atoms with Crippen LogP contribution in [0.25, 0.3) is 0 Å². The average Bonchev–Trinajstić information content (AvgIpc) is 2.57. The Morgan fingerprint density at radius 3 is 2.21 bits per heavy atom. The van der Waals surface area contributed by atoms with Crippen LogP contribution in [0.1, 0.15) is 60.8 Å². The summed E-state index contributed by atoms with van der Waals surface area (Å²) >= 11 is 0. The van der Waals surface area contributed by atoms with E-state index < -0.39 is 5.60 Å². The largest absolute Gasteiger partial charge is 0.444 e. The summed E-state index contributed by atoms with van der Waals surface area (Å²) in [6.07, 6.45) is 3.00. The van der Waals surface area contributed by atoms with Crippen molar-refractivity contribution < 1.29 is 9.53 Å². The summed E-state index contributed by atoms with van der Waals surface area (Å²) in [5, 5.41) is 6.57. The molecular weight excluding hydrogens is 240 g/mol. The molecule has 0 aromatic rings. The molecule has 1 saturated carbocycles. The molecule has 0 aliphatic heterocycles. The van der Waals surface area contributed by atoms with Gasteiger partial charge in [-0.1, -0.05) is 20.8 Å². The Balaban J connectivity index is 2.42. The Labute approximate surface area is 117 Å². The number of carbonyl (C=O) groups excluding carboxylic acids is 1. The molecule has 1 fully saturated rings. The van der Waals surface area contributed by atoms with E-state index in [1.54, 1.807) is 0 Å².